The minimum absolute atomic E-state index is 0.00898. The molecule has 1 aromatic rings. The van der Waals surface area contributed by atoms with Gasteiger partial charge in [0.05, 0.1) is 0 Å². The first-order chi connectivity index (χ1) is 10.6. The number of ketones is 1. The van der Waals surface area contributed by atoms with Gasteiger partial charge in [0.2, 0.25) is 0 Å². The predicted molar refractivity (Wildman–Crippen MR) is 79.5 cm³/mol. The number of benzene rings is 1. The van der Waals surface area contributed by atoms with Crippen molar-refractivity contribution in [3.05, 3.63) is 17.7 Å². The van der Waals surface area contributed by atoms with Crippen LogP contribution >= 0.6 is 0 Å². The lowest BCUT2D eigenvalue weighted by molar-refractivity contribution is -0.132. The second kappa shape index (κ2) is 7.53. The van der Waals surface area contributed by atoms with Gasteiger partial charge in [-0.25, -0.2) is 0 Å². The summed E-state index contributed by atoms with van der Waals surface area (Å²) in [4.78, 5) is 46.0. The normalized spacial score (nSPS) is 10.2. The van der Waals surface area contributed by atoms with Gasteiger partial charge < -0.3 is 14.2 Å². The van der Waals surface area contributed by atoms with E-state index in [0.717, 1.165) is 13.8 Å². The molecule has 0 atom stereocenters. The molecule has 1 aromatic carbocycles. The van der Waals surface area contributed by atoms with E-state index in [1.54, 1.807) is 13.8 Å². The molecule has 0 heterocycles. The Morgan fingerprint density at radius 1 is 0.783 bits per heavy atom. The molecule has 124 valence electrons. The van der Waals surface area contributed by atoms with Crippen molar-refractivity contribution in [3.8, 4) is 17.2 Å². The molecule has 7 heteroatoms. The largest absolute Gasteiger partial charge is 0.426 e. The van der Waals surface area contributed by atoms with Crippen LogP contribution in [0.25, 0.3) is 0 Å². The predicted octanol–water partition coefficient (Wildman–Crippen LogP) is 2.30. The molecular formula is C16H18O7. The average Bonchev–Trinajstić information content (AvgIpc) is 2.35. The van der Waals surface area contributed by atoms with Gasteiger partial charge in [0.1, 0.15) is 22.8 Å². The lowest BCUT2D eigenvalue weighted by Gasteiger charge is -2.16. The molecule has 0 aliphatic carbocycles. The number of hydrogen-bond acceptors (Lipinski definition) is 7. The molecule has 23 heavy (non-hydrogen) atoms. The zero-order valence-corrected chi connectivity index (χ0v) is 13.6. The summed E-state index contributed by atoms with van der Waals surface area (Å²) in [5.41, 5.74) is -0.0543. The van der Waals surface area contributed by atoms with Crippen molar-refractivity contribution in [3.63, 3.8) is 0 Å². The first-order valence-corrected chi connectivity index (χ1v) is 6.89. The number of rotatable bonds is 5. The van der Waals surface area contributed by atoms with Crippen LogP contribution in [0.1, 0.15) is 45.0 Å². The molecule has 0 bridgehead atoms. The maximum absolute atomic E-state index is 12.4. The van der Waals surface area contributed by atoms with Crippen molar-refractivity contribution in [2.45, 2.75) is 34.6 Å². The van der Waals surface area contributed by atoms with E-state index in [1.165, 1.54) is 19.1 Å². The number of Topliss-reactive ketones (excluding diaryl/α,β-unsaturated/α-hetero) is 1. The maximum atomic E-state index is 12.4. The number of carbonyl (C=O) groups is 4. The molecule has 0 spiro atoms. The van der Waals surface area contributed by atoms with Crippen LogP contribution < -0.4 is 14.2 Å². The first-order valence-electron chi connectivity index (χ1n) is 6.89. The van der Waals surface area contributed by atoms with Crippen LogP contribution in [-0.4, -0.2) is 23.7 Å². The highest BCUT2D eigenvalue weighted by atomic mass is 16.6. The molecule has 7 nitrogen and oxygen atoms in total. The van der Waals surface area contributed by atoms with Gasteiger partial charge in [-0.3, -0.25) is 19.2 Å². The van der Waals surface area contributed by atoms with Gasteiger partial charge in [-0.2, -0.15) is 0 Å². The fourth-order valence-electron chi connectivity index (χ4n) is 1.79. The van der Waals surface area contributed by atoms with Gasteiger partial charge in [-0.1, -0.05) is 13.8 Å². The van der Waals surface area contributed by atoms with Gasteiger partial charge in [0.25, 0.3) is 0 Å². The van der Waals surface area contributed by atoms with Gasteiger partial charge in [-0.15, -0.1) is 0 Å². The molecule has 0 fully saturated rings. The Hall–Kier alpha value is -2.70. The van der Waals surface area contributed by atoms with E-state index in [-0.39, 0.29) is 28.6 Å². The van der Waals surface area contributed by atoms with Gasteiger partial charge in [-0.05, 0) is 0 Å². The monoisotopic (exact) mass is 322 g/mol. The number of ether oxygens (including phenoxy) is 3. The van der Waals surface area contributed by atoms with E-state index in [1.807, 2.05) is 0 Å². The third-order valence-electron chi connectivity index (χ3n) is 2.58. The molecule has 0 saturated carbocycles. The maximum Gasteiger partial charge on any atom is 0.308 e. The first kappa shape index (κ1) is 18.3. The highest BCUT2D eigenvalue weighted by Crippen LogP contribution is 2.36. The summed E-state index contributed by atoms with van der Waals surface area (Å²) in [6.45, 7) is 6.81. The summed E-state index contributed by atoms with van der Waals surface area (Å²) in [7, 11) is 0. The van der Waals surface area contributed by atoms with Crippen LogP contribution in [0.15, 0.2) is 12.1 Å². The summed E-state index contributed by atoms with van der Waals surface area (Å²) < 4.78 is 15.0. The minimum Gasteiger partial charge on any atom is -0.426 e. The summed E-state index contributed by atoms with van der Waals surface area (Å²) in [5.74, 6) is -3.05. The third-order valence-corrected chi connectivity index (χ3v) is 2.58. The standard InChI is InChI=1S/C16H18O7/c1-8(2)16(20)15-13(22-10(4)18)6-12(21-9(3)17)7-14(15)23-11(5)19/h6-8H,1-5H3. The summed E-state index contributed by atoms with van der Waals surface area (Å²) >= 11 is 0. The van der Waals surface area contributed by atoms with E-state index in [0.29, 0.717) is 0 Å². The van der Waals surface area contributed by atoms with E-state index in [4.69, 9.17) is 14.2 Å². The highest BCUT2D eigenvalue weighted by Gasteiger charge is 2.25. The molecule has 0 N–H and O–H groups in total. The SMILES string of the molecule is CC(=O)Oc1cc(OC(C)=O)c(C(=O)C(C)C)c(OC(C)=O)c1. The highest BCUT2D eigenvalue weighted by molar-refractivity contribution is 6.03. The molecule has 1 rings (SSSR count). The van der Waals surface area contributed by atoms with E-state index in [9.17, 15) is 19.2 Å². The lowest BCUT2D eigenvalue weighted by Crippen LogP contribution is -2.16. The zero-order chi connectivity index (χ0) is 17.7. The molecule has 0 aliphatic rings. The van der Waals surface area contributed by atoms with Crippen molar-refractivity contribution < 1.29 is 33.4 Å². The molecule has 0 aliphatic heterocycles. The average molecular weight is 322 g/mol. The van der Waals surface area contributed by atoms with Crippen molar-refractivity contribution in [2.75, 3.05) is 0 Å². The van der Waals surface area contributed by atoms with Crippen LogP contribution in [-0.2, 0) is 14.4 Å². The van der Waals surface area contributed by atoms with Gasteiger partial charge in [0, 0.05) is 38.8 Å². The Morgan fingerprint density at radius 2 is 1.17 bits per heavy atom. The molecule has 0 aromatic heterocycles. The van der Waals surface area contributed by atoms with Crippen LogP contribution in [0.3, 0.4) is 0 Å². The van der Waals surface area contributed by atoms with Crippen LogP contribution in [0, 0.1) is 5.92 Å². The van der Waals surface area contributed by atoms with Crippen LogP contribution in [0.4, 0.5) is 0 Å². The van der Waals surface area contributed by atoms with Crippen molar-refractivity contribution in [1.82, 2.24) is 0 Å². The number of esters is 3. The van der Waals surface area contributed by atoms with E-state index >= 15 is 0 Å². The van der Waals surface area contributed by atoms with Gasteiger partial charge >= 0.3 is 17.9 Å². The Bertz CT molecular complexity index is 621. The quantitative estimate of drug-likeness (QED) is 0.466. The second-order valence-electron chi connectivity index (χ2n) is 5.09. The summed E-state index contributed by atoms with van der Waals surface area (Å²) in [6, 6.07) is 2.46. The van der Waals surface area contributed by atoms with Crippen LogP contribution in [0.2, 0.25) is 0 Å². The Labute approximate surface area is 133 Å². The fraction of sp³-hybridized carbons (Fsp3) is 0.375. The summed E-state index contributed by atoms with van der Waals surface area (Å²) in [5, 5.41) is 0. The van der Waals surface area contributed by atoms with Crippen molar-refractivity contribution in [1.29, 1.82) is 0 Å². The smallest absolute Gasteiger partial charge is 0.308 e. The molecule has 0 amide bonds. The zero-order valence-electron chi connectivity index (χ0n) is 13.6. The Morgan fingerprint density at radius 3 is 1.48 bits per heavy atom. The van der Waals surface area contributed by atoms with Crippen molar-refractivity contribution >= 4 is 23.7 Å². The minimum atomic E-state index is -0.670. The number of carbonyl (C=O) groups excluding carboxylic acids is 4. The van der Waals surface area contributed by atoms with E-state index < -0.39 is 23.8 Å². The molecule has 0 saturated heterocycles. The molecule has 0 unspecified atom stereocenters. The number of hydrogen-bond donors (Lipinski definition) is 0. The lowest BCUT2D eigenvalue weighted by atomic mass is 9.99. The van der Waals surface area contributed by atoms with Gasteiger partial charge in [0.15, 0.2) is 5.78 Å². The van der Waals surface area contributed by atoms with Crippen LogP contribution in [0.5, 0.6) is 17.2 Å². The second-order valence-corrected chi connectivity index (χ2v) is 5.09. The van der Waals surface area contributed by atoms with E-state index in [2.05, 4.69) is 0 Å². The fourth-order valence-corrected chi connectivity index (χ4v) is 1.79. The third kappa shape index (κ3) is 5.21. The molecular weight excluding hydrogens is 304 g/mol. The Balaban J connectivity index is 3.57. The Kier molecular flexibility index (Phi) is 6.01. The van der Waals surface area contributed by atoms with Crippen molar-refractivity contribution in [2.24, 2.45) is 5.92 Å². The molecule has 0 radical (unpaired) electrons. The summed E-state index contributed by atoms with van der Waals surface area (Å²) in [6.07, 6.45) is 0. The topological polar surface area (TPSA) is 96.0 Å².